The zero-order valence-corrected chi connectivity index (χ0v) is 8.88. The van der Waals surface area contributed by atoms with Gasteiger partial charge in [-0.1, -0.05) is 18.7 Å². The Morgan fingerprint density at radius 3 is 3.00 bits per heavy atom. The van der Waals surface area contributed by atoms with Gasteiger partial charge in [-0.3, -0.25) is 0 Å². The lowest BCUT2D eigenvalue weighted by Gasteiger charge is -2.27. The first kappa shape index (κ1) is 10.6. The van der Waals surface area contributed by atoms with Crippen LogP contribution in [0.15, 0.2) is 5.10 Å². The molecule has 0 bridgehead atoms. The Labute approximate surface area is 82.9 Å². The molecule has 6 heteroatoms. The number of likely N-dealkylation sites (N-methyl/N-ethyl adjacent to an activating group) is 1. The molecule has 0 aromatic heterocycles. The molecule has 0 radical (unpaired) electrons. The summed E-state index contributed by atoms with van der Waals surface area (Å²) in [5.74, 6) is 0.809. The van der Waals surface area contributed by atoms with Gasteiger partial charge >= 0.3 is 0 Å². The molecule has 0 saturated heterocycles. The Kier molecular flexibility index (Phi) is 4.34. The van der Waals surface area contributed by atoms with Crippen molar-refractivity contribution in [3.8, 4) is 0 Å². The third-order valence-electron chi connectivity index (χ3n) is 1.79. The Morgan fingerprint density at radius 2 is 2.54 bits per heavy atom. The molecule has 1 aliphatic rings. The predicted octanol–water partition coefficient (Wildman–Crippen LogP) is 0.106. The van der Waals surface area contributed by atoms with E-state index >= 15 is 0 Å². The van der Waals surface area contributed by atoms with Gasteiger partial charge in [0.15, 0.2) is 5.17 Å². The van der Waals surface area contributed by atoms with E-state index in [2.05, 4.69) is 17.0 Å². The number of hydrogen-bond acceptors (Lipinski definition) is 6. The number of ether oxygens (including phenoxy) is 1. The highest BCUT2D eigenvalue weighted by molar-refractivity contribution is 8.13. The topological polar surface area (TPSA) is 54.1 Å². The SMILES string of the molecule is CCN(CCOC)N1CSC(N)=N1. The number of nitrogens with zero attached hydrogens (tertiary/aromatic N) is 3. The highest BCUT2D eigenvalue weighted by Gasteiger charge is 2.17. The molecule has 5 nitrogen and oxygen atoms in total. The molecule has 0 atom stereocenters. The lowest BCUT2D eigenvalue weighted by atomic mass is 10.6. The minimum Gasteiger partial charge on any atom is -0.383 e. The number of methoxy groups -OCH3 is 1. The monoisotopic (exact) mass is 204 g/mol. The summed E-state index contributed by atoms with van der Waals surface area (Å²) in [4.78, 5) is 0. The number of amidine groups is 1. The minimum absolute atomic E-state index is 0.635. The standard InChI is InChI=1S/C7H16N4OS/c1-3-10(4-5-12-2)11-6-13-7(8)9-11/h3-6H2,1-2H3,(H2,8,9). The minimum atomic E-state index is 0.635. The Balaban J connectivity index is 2.37. The van der Waals surface area contributed by atoms with Gasteiger partial charge in [-0.25, -0.2) is 10.1 Å². The van der Waals surface area contributed by atoms with E-state index in [1.807, 2.05) is 5.12 Å². The molecule has 13 heavy (non-hydrogen) atoms. The maximum Gasteiger partial charge on any atom is 0.181 e. The van der Waals surface area contributed by atoms with Crippen molar-refractivity contribution in [3.63, 3.8) is 0 Å². The van der Waals surface area contributed by atoms with E-state index in [-0.39, 0.29) is 0 Å². The van der Waals surface area contributed by atoms with Crippen LogP contribution < -0.4 is 5.73 Å². The molecule has 0 fully saturated rings. The van der Waals surface area contributed by atoms with Crippen LogP contribution in [0.2, 0.25) is 0 Å². The number of hydrazone groups is 1. The normalized spacial score (nSPS) is 16.8. The van der Waals surface area contributed by atoms with E-state index in [9.17, 15) is 0 Å². The third-order valence-corrected chi connectivity index (χ3v) is 2.52. The molecule has 0 aromatic rings. The number of hydrogen-bond donors (Lipinski definition) is 1. The van der Waals surface area contributed by atoms with Crippen molar-refractivity contribution in [2.24, 2.45) is 10.8 Å². The molecule has 0 aromatic carbocycles. The second-order valence-electron chi connectivity index (χ2n) is 2.62. The average molecular weight is 204 g/mol. The maximum atomic E-state index is 5.56. The first-order valence-electron chi connectivity index (χ1n) is 4.26. The molecule has 1 rings (SSSR count). The van der Waals surface area contributed by atoms with Gasteiger partial charge in [0.1, 0.15) is 5.88 Å². The Bertz CT molecular complexity index is 187. The van der Waals surface area contributed by atoms with Gasteiger partial charge in [-0.2, -0.15) is 0 Å². The van der Waals surface area contributed by atoms with Crippen molar-refractivity contribution in [3.05, 3.63) is 0 Å². The summed E-state index contributed by atoms with van der Waals surface area (Å²) < 4.78 is 5.01. The predicted molar refractivity (Wildman–Crippen MR) is 55.0 cm³/mol. The quantitative estimate of drug-likeness (QED) is 0.688. The molecular weight excluding hydrogens is 188 g/mol. The molecule has 0 aliphatic carbocycles. The van der Waals surface area contributed by atoms with Crippen LogP contribution in [-0.2, 0) is 4.74 Å². The van der Waals surface area contributed by atoms with Crippen LogP contribution in [0.25, 0.3) is 0 Å². The van der Waals surface area contributed by atoms with E-state index in [1.54, 1.807) is 18.9 Å². The van der Waals surface area contributed by atoms with Gasteiger partial charge in [0.25, 0.3) is 0 Å². The number of thioether (sulfide) groups is 1. The molecule has 0 unspecified atom stereocenters. The molecule has 1 aliphatic heterocycles. The summed E-state index contributed by atoms with van der Waals surface area (Å²) in [5.41, 5.74) is 5.56. The molecule has 0 amide bonds. The van der Waals surface area contributed by atoms with Crippen molar-refractivity contribution >= 4 is 16.9 Å². The fourth-order valence-electron chi connectivity index (χ4n) is 1.07. The van der Waals surface area contributed by atoms with Gasteiger partial charge in [0.05, 0.1) is 6.61 Å². The molecule has 76 valence electrons. The number of nitrogens with two attached hydrogens (primary N) is 1. The number of rotatable bonds is 5. The maximum absolute atomic E-state index is 5.56. The van der Waals surface area contributed by atoms with Crippen molar-refractivity contribution in [2.45, 2.75) is 6.92 Å². The lowest BCUT2D eigenvalue weighted by Crippen LogP contribution is -2.39. The van der Waals surface area contributed by atoms with E-state index in [1.165, 1.54) is 0 Å². The summed E-state index contributed by atoms with van der Waals surface area (Å²) >= 11 is 1.55. The second kappa shape index (κ2) is 5.31. The molecule has 0 spiro atoms. The second-order valence-corrected chi connectivity index (χ2v) is 3.59. The Morgan fingerprint density at radius 1 is 1.77 bits per heavy atom. The van der Waals surface area contributed by atoms with Crippen LogP contribution >= 0.6 is 11.8 Å². The van der Waals surface area contributed by atoms with Crippen molar-refractivity contribution in [1.29, 1.82) is 0 Å². The Hall–Kier alpha value is -0.460. The highest BCUT2D eigenvalue weighted by atomic mass is 32.2. The largest absolute Gasteiger partial charge is 0.383 e. The summed E-state index contributed by atoms with van der Waals surface area (Å²) in [6.45, 7) is 4.57. The van der Waals surface area contributed by atoms with Crippen molar-refractivity contribution < 1.29 is 4.74 Å². The molecule has 0 saturated carbocycles. The van der Waals surface area contributed by atoms with Crippen LogP contribution in [0.4, 0.5) is 0 Å². The first-order chi connectivity index (χ1) is 6.27. The van der Waals surface area contributed by atoms with E-state index < -0.39 is 0 Å². The number of hydrazine groups is 1. The van der Waals surface area contributed by atoms with Crippen molar-refractivity contribution in [1.82, 2.24) is 10.1 Å². The van der Waals surface area contributed by atoms with Crippen LogP contribution in [0.1, 0.15) is 6.92 Å². The van der Waals surface area contributed by atoms with Crippen LogP contribution in [0, 0.1) is 0 Å². The van der Waals surface area contributed by atoms with Crippen LogP contribution in [-0.4, -0.2) is 48.0 Å². The van der Waals surface area contributed by atoms with Gasteiger partial charge in [0.2, 0.25) is 0 Å². The zero-order chi connectivity index (χ0) is 9.68. The summed E-state index contributed by atoms with van der Waals surface area (Å²) in [5, 5.41) is 8.80. The van der Waals surface area contributed by atoms with Crippen molar-refractivity contribution in [2.75, 3.05) is 32.7 Å². The fourth-order valence-corrected chi connectivity index (χ4v) is 1.69. The smallest absolute Gasteiger partial charge is 0.181 e. The van der Waals surface area contributed by atoms with Crippen LogP contribution in [0.5, 0.6) is 0 Å². The van der Waals surface area contributed by atoms with Gasteiger partial charge in [-0.05, 0) is 0 Å². The molecule has 1 heterocycles. The lowest BCUT2D eigenvalue weighted by molar-refractivity contribution is -0.0152. The fraction of sp³-hybridized carbons (Fsp3) is 0.857. The summed E-state index contributed by atoms with van der Waals surface area (Å²) in [6.07, 6.45) is 0. The van der Waals surface area contributed by atoms with Gasteiger partial charge in [-0.15, -0.1) is 5.10 Å². The van der Waals surface area contributed by atoms with Gasteiger partial charge in [0, 0.05) is 20.2 Å². The van der Waals surface area contributed by atoms with E-state index in [0.717, 1.165) is 19.0 Å². The van der Waals surface area contributed by atoms with E-state index in [4.69, 9.17) is 10.5 Å². The summed E-state index contributed by atoms with van der Waals surface area (Å²) in [6, 6.07) is 0. The van der Waals surface area contributed by atoms with E-state index in [0.29, 0.717) is 11.8 Å². The van der Waals surface area contributed by atoms with Crippen LogP contribution in [0.3, 0.4) is 0 Å². The average Bonchev–Trinajstić information content (AvgIpc) is 2.54. The zero-order valence-electron chi connectivity index (χ0n) is 8.06. The first-order valence-corrected chi connectivity index (χ1v) is 5.24. The highest BCUT2D eigenvalue weighted by Crippen LogP contribution is 2.15. The molecule has 2 N–H and O–H groups in total. The summed E-state index contributed by atoms with van der Waals surface area (Å²) in [7, 11) is 1.70. The molecular formula is C7H16N4OS. The van der Waals surface area contributed by atoms with Gasteiger partial charge < -0.3 is 10.5 Å². The third kappa shape index (κ3) is 3.06.